The standard InChI is InChI=1S/C13H11FN2S2/c14-9-3-4-12-11(8-9)15-13(17)16(12)6-5-10-2-1-7-18-10/h1-4,7-8H,5-6H2,(H,15,17). The number of nitrogens with one attached hydrogen (secondary N) is 1. The molecule has 5 heteroatoms. The molecule has 0 aliphatic heterocycles. The van der Waals surface area contributed by atoms with Crippen LogP contribution in [0.5, 0.6) is 0 Å². The largest absolute Gasteiger partial charge is 0.330 e. The highest BCUT2D eigenvalue weighted by atomic mass is 32.1. The summed E-state index contributed by atoms with van der Waals surface area (Å²) in [5, 5.41) is 2.07. The summed E-state index contributed by atoms with van der Waals surface area (Å²) in [6.45, 7) is 0.810. The van der Waals surface area contributed by atoms with Crippen LogP contribution in [0, 0.1) is 10.6 Å². The molecule has 1 N–H and O–H groups in total. The Morgan fingerprint density at radius 2 is 2.22 bits per heavy atom. The van der Waals surface area contributed by atoms with E-state index in [4.69, 9.17) is 12.2 Å². The second-order valence-corrected chi connectivity index (χ2v) is 5.49. The fourth-order valence-corrected chi connectivity index (χ4v) is 3.03. The van der Waals surface area contributed by atoms with Crippen LogP contribution in [0.1, 0.15) is 4.88 Å². The number of hydrogen-bond acceptors (Lipinski definition) is 2. The Hall–Kier alpha value is -1.46. The van der Waals surface area contributed by atoms with Crippen LogP contribution in [0.25, 0.3) is 11.0 Å². The van der Waals surface area contributed by atoms with Gasteiger partial charge in [-0.25, -0.2) is 4.39 Å². The molecule has 3 aromatic rings. The van der Waals surface area contributed by atoms with Crippen LogP contribution >= 0.6 is 23.6 Å². The smallest absolute Gasteiger partial charge is 0.178 e. The maximum absolute atomic E-state index is 13.1. The lowest BCUT2D eigenvalue weighted by atomic mass is 10.3. The van der Waals surface area contributed by atoms with Gasteiger partial charge in [-0.3, -0.25) is 0 Å². The third-order valence-electron chi connectivity index (χ3n) is 2.90. The number of fused-ring (bicyclic) bond motifs is 1. The monoisotopic (exact) mass is 278 g/mol. The highest BCUT2D eigenvalue weighted by molar-refractivity contribution is 7.71. The Kier molecular flexibility index (Phi) is 3.01. The Morgan fingerprint density at radius 1 is 1.33 bits per heavy atom. The predicted octanol–water partition coefficient (Wildman–Crippen LogP) is 4.14. The van der Waals surface area contributed by atoms with Gasteiger partial charge < -0.3 is 9.55 Å². The first-order valence-electron chi connectivity index (χ1n) is 5.64. The van der Waals surface area contributed by atoms with Crippen molar-refractivity contribution in [2.24, 2.45) is 0 Å². The first-order valence-corrected chi connectivity index (χ1v) is 6.93. The number of aryl methyl sites for hydroxylation is 2. The summed E-state index contributed by atoms with van der Waals surface area (Å²) in [4.78, 5) is 4.37. The van der Waals surface area contributed by atoms with Gasteiger partial charge in [-0.2, -0.15) is 0 Å². The molecule has 2 nitrogen and oxygen atoms in total. The van der Waals surface area contributed by atoms with Gasteiger partial charge in [0.1, 0.15) is 5.82 Å². The zero-order chi connectivity index (χ0) is 12.5. The maximum Gasteiger partial charge on any atom is 0.178 e. The molecule has 0 saturated heterocycles. The van der Waals surface area contributed by atoms with Crippen molar-refractivity contribution < 1.29 is 4.39 Å². The lowest BCUT2D eigenvalue weighted by Crippen LogP contribution is -2.00. The van der Waals surface area contributed by atoms with E-state index in [1.54, 1.807) is 17.4 Å². The molecule has 0 amide bonds. The first kappa shape index (κ1) is 11.6. The topological polar surface area (TPSA) is 20.7 Å². The average molecular weight is 278 g/mol. The van der Waals surface area contributed by atoms with Crippen molar-refractivity contribution in [3.63, 3.8) is 0 Å². The van der Waals surface area contributed by atoms with Gasteiger partial charge >= 0.3 is 0 Å². The molecule has 0 fully saturated rings. The van der Waals surface area contributed by atoms with Gasteiger partial charge in [0.15, 0.2) is 4.77 Å². The molecule has 0 atom stereocenters. The van der Waals surface area contributed by atoms with Gasteiger partial charge in [0.05, 0.1) is 11.0 Å². The number of aromatic amines is 1. The van der Waals surface area contributed by atoms with Crippen molar-refractivity contribution in [3.8, 4) is 0 Å². The number of halogens is 1. The van der Waals surface area contributed by atoms with Gasteiger partial charge in [0.2, 0.25) is 0 Å². The first-order chi connectivity index (χ1) is 8.74. The molecule has 0 unspecified atom stereocenters. The van der Waals surface area contributed by atoms with Gasteiger partial charge in [-0.1, -0.05) is 6.07 Å². The molecule has 0 radical (unpaired) electrons. The summed E-state index contributed by atoms with van der Waals surface area (Å²) in [6, 6.07) is 8.87. The van der Waals surface area contributed by atoms with Crippen LogP contribution in [-0.2, 0) is 13.0 Å². The molecule has 0 aliphatic rings. The minimum absolute atomic E-state index is 0.246. The summed E-state index contributed by atoms with van der Waals surface area (Å²) in [7, 11) is 0. The normalized spacial score (nSPS) is 11.2. The molecular formula is C13H11FN2S2. The summed E-state index contributed by atoms with van der Waals surface area (Å²) in [5.41, 5.74) is 1.71. The minimum atomic E-state index is -0.246. The second-order valence-electron chi connectivity index (χ2n) is 4.07. The van der Waals surface area contributed by atoms with E-state index in [1.807, 2.05) is 10.6 Å². The van der Waals surface area contributed by atoms with E-state index in [2.05, 4.69) is 16.4 Å². The van der Waals surface area contributed by atoms with Crippen molar-refractivity contribution >= 4 is 34.6 Å². The van der Waals surface area contributed by atoms with E-state index in [9.17, 15) is 4.39 Å². The Bertz CT molecular complexity index is 725. The molecule has 18 heavy (non-hydrogen) atoms. The van der Waals surface area contributed by atoms with E-state index in [0.29, 0.717) is 4.77 Å². The summed E-state index contributed by atoms with van der Waals surface area (Å²) >= 11 is 7.02. The van der Waals surface area contributed by atoms with Crippen LogP contribution < -0.4 is 0 Å². The lowest BCUT2D eigenvalue weighted by molar-refractivity contribution is 0.629. The third kappa shape index (κ3) is 2.11. The highest BCUT2D eigenvalue weighted by Gasteiger charge is 2.05. The zero-order valence-electron chi connectivity index (χ0n) is 9.52. The highest BCUT2D eigenvalue weighted by Crippen LogP contribution is 2.17. The van der Waals surface area contributed by atoms with E-state index >= 15 is 0 Å². The SMILES string of the molecule is Fc1ccc2c(c1)[nH]c(=S)n2CCc1cccs1. The number of rotatable bonds is 3. The van der Waals surface area contributed by atoms with Crippen LogP contribution in [0.2, 0.25) is 0 Å². The van der Waals surface area contributed by atoms with Crippen molar-refractivity contribution in [2.75, 3.05) is 0 Å². The lowest BCUT2D eigenvalue weighted by Gasteiger charge is -2.03. The number of nitrogens with zero attached hydrogens (tertiary/aromatic N) is 1. The van der Waals surface area contributed by atoms with Gasteiger partial charge in [0.25, 0.3) is 0 Å². The molecule has 3 rings (SSSR count). The summed E-state index contributed by atoms with van der Waals surface area (Å²) in [6.07, 6.45) is 0.941. The zero-order valence-corrected chi connectivity index (χ0v) is 11.2. The molecule has 2 heterocycles. The van der Waals surface area contributed by atoms with Crippen molar-refractivity contribution in [1.82, 2.24) is 9.55 Å². The fourth-order valence-electron chi connectivity index (χ4n) is 2.03. The third-order valence-corrected chi connectivity index (χ3v) is 4.16. The van der Waals surface area contributed by atoms with E-state index < -0.39 is 0 Å². The number of thiophene rings is 1. The summed E-state index contributed by atoms with van der Waals surface area (Å²) < 4.78 is 15.8. The molecule has 0 aliphatic carbocycles. The number of hydrogen-bond donors (Lipinski definition) is 1. The number of H-pyrrole nitrogens is 1. The average Bonchev–Trinajstić information content (AvgIpc) is 2.93. The van der Waals surface area contributed by atoms with E-state index in [-0.39, 0.29) is 5.82 Å². The van der Waals surface area contributed by atoms with Crippen molar-refractivity contribution in [2.45, 2.75) is 13.0 Å². The van der Waals surface area contributed by atoms with Crippen molar-refractivity contribution in [3.05, 3.63) is 51.2 Å². The second kappa shape index (κ2) is 4.66. The van der Waals surface area contributed by atoms with Crippen LogP contribution in [0.15, 0.2) is 35.7 Å². The Balaban J connectivity index is 1.96. The fraction of sp³-hybridized carbons (Fsp3) is 0.154. The number of aromatic nitrogens is 2. The van der Waals surface area contributed by atoms with Crippen LogP contribution in [-0.4, -0.2) is 9.55 Å². The van der Waals surface area contributed by atoms with Crippen LogP contribution in [0.3, 0.4) is 0 Å². The molecular weight excluding hydrogens is 267 g/mol. The quantitative estimate of drug-likeness (QED) is 0.714. The minimum Gasteiger partial charge on any atom is -0.330 e. The molecule has 0 bridgehead atoms. The van der Waals surface area contributed by atoms with E-state index in [1.165, 1.54) is 17.0 Å². The molecule has 2 aromatic heterocycles. The molecule has 0 spiro atoms. The molecule has 1 aromatic carbocycles. The van der Waals surface area contributed by atoms with Gasteiger partial charge in [-0.05, 0) is 48.3 Å². The van der Waals surface area contributed by atoms with Gasteiger partial charge in [-0.15, -0.1) is 11.3 Å². The molecule has 92 valence electrons. The van der Waals surface area contributed by atoms with Gasteiger partial charge in [0, 0.05) is 11.4 Å². The number of imidazole rings is 1. The number of benzene rings is 1. The maximum atomic E-state index is 13.1. The van der Waals surface area contributed by atoms with E-state index in [0.717, 1.165) is 24.0 Å². The summed E-state index contributed by atoms with van der Waals surface area (Å²) in [5.74, 6) is -0.246. The van der Waals surface area contributed by atoms with Crippen LogP contribution in [0.4, 0.5) is 4.39 Å². The Morgan fingerprint density at radius 3 is 3.00 bits per heavy atom. The molecule has 0 saturated carbocycles. The Labute approximate surface area is 113 Å². The van der Waals surface area contributed by atoms with Crippen molar-refractivity contribution in [1.29, 1.82) is 0 Å². The predicted molar refractivity (Wildman–Crippen MR) is 75.1 cm³/mol.